The van der Waals surface area contributed by atoms with Gasteiger partial charge in [0.15, 0.2) is 11.5 Å². The Balaban J connectivity index is 1.75. The molecule has 116 valence electrons. The van der Waals surface area contributed by atoms with Crippen molar-refractivity contribution in [1.82, 2.24) is 15.3 Å². The lowest BCUT2D eigenvalue weighted by Crippen LogP contribution is -2.29. The minimum absolute atomic E-state index is 0.104. The van der Waals surface area contributed by atoms with Crippen LogP contribution in [0.25, 0.3) is 0 Å². The summed E-state index contributed by atoms with van der Waals surface area (Å²) in [5.74, 6) is 1.23. The Bertz CT molecular complexity index is 616. The van der Waals surface area contributed by atoms with Crippen molar-refractivity contribution in [2.24, 2.45) is 0 Å². The molecule has 0 bridgehead atoms. The lowest BCUT2D eigenvalue weighted by atomic mass is 10.3. The maximum absolute atomic E-state index is 11.8. The third-order valence-electron chi connectivity index (χ3n) is 2.73. The molecule has 2 rings (SSSR count). The molecule has 0 saturated heterocycles. The molecule has 0 aliphatic rings. The monoisotopic (exact) mass is 302 g/mol. The van der Waals surface area contributed by atoms with E-state index in [9.17, 15) is 4.79 Å². The highest BCUT2D eigenvalue weighted by Crippen LogP contribution is 2.17. The second kappa shape index (κ2) is 7.82. The maximum atomic E-state index is 11.8. The van der Waals surface area contributed by atoms with Crippen molar-refractivity contribution < 1.29 is 14.3 Å². The van der Waals surface area contributed by atoms with Crippen LogP contribution in [0, 0.1) is 0 Å². The number of amides is 1. The van der Waals surface area contributed by atoms with Gasteiger partial charge >= 0.3 is 0 Å². The van der Waals surface area contributed by atoms with Gasteiger partial charge in [0.25, 0.3) is 5.91 Å². The molecule has 7 heteroatoms. The molecular weight excluding hydrogens is 284 g/mol. The van der Waals surface area contributed by atoms with Crippen LogP contribution in [0.3, 0.4) is 0 Å². The van der Waals surface area contributed by atoms with Crippen molar-refractivity contribution in [2.45, 2.75) is 6.92 Å². The molecule has 1 aromatic carbocycles. The molecule has 7 nitrogen and oxygen atoms in total. The quantitative estimate of drug-likeness (QED) is 0.747. The molecule has 22 heavy (non-hydrogen) atoms. The van der Waals surface area contributed by atoms with Crippen molar-refractivity contribution >= 4 is 11.7 Å². The van der Waals surface area contributed by atoms with E-state index in [0.29, 0.717) is 25.5 Å². The van der Waals surface area contributed by atoms with Crippen molar-refractivity contribution in [3.63, 3.8) is 0 Å². The Morgan fingerprint density at radius 2 is 1.77 bits per heavy atom. The van der Waals surface area contributed by atoms with Gasteiger partial charge in [-0.15, -0.1) is 0 Å². The number of nitrogens with zero attached hydrogens (tertiary/aromatic N) is 2. The van der Waals surface area contributed by atoms with E-state index in [1.54, 1.807) is 0 Å². The molecule has 0 aliphatic heterocycles. The fraction of sp³-hybridized carbons (Fsp3) is 0.267. The summed E-state index contributed by atoms with van der Waals surface area (Å²) in [6.07, 6.45) is 2.85. The summed E-state index contributed by atoms with van der Waals surface area (Å²) in [6, 6.07) is 7.29. The lowest BCUT2D eigenvalue weighted by molar-refractivity contribution is 0.0942. The van der Waals surface area contributed by atoms with E-state index in [1.165, 1.54) is 12.4 Å². The molecule has 0 fully saturated rings. The van der Waals surface area contributed by atoms with Crippen LogP contribution in [0.2, 0.25) is 0 Å². The van der Waals surface area contributed by atoms with Crippen LogP contribution in [0.15, 0.2) is 36.7 Å². The number of nitrogens with one attached hydrogen (secondary N) is 1. The van der Waals surface area contributed by atoms with Gasteiger partial charge in [-0.1, -0.05) is 0 Å². The summed E-state index contributed by atoms with van der Waals surface area (Å²) in [5, 5.41) is 2.67. The average Bonchev–Trinajstić information content (AvgIpc) is 2.53. The molecule has 3 N–H and O–H groups in total. The standard InChI is InChI=1S/C15H18N4O3/c1-2-21-11-3-5-12(6-4-11)22-10-9-19-15(20)13-14(16)18-8-7-17-13/h3-8H,2,9-10H2,1H3,(H2,16,18)(H,19,20). The summed E-state index contributed by atoms with van der Waals surface area (Å²) < 4.78 is 10.9. The van der Waals surface area contributed by atoms with Crippen LogP contribution < -0.4 is 20.5 Å². The molecular formula is C15H18N4O3. The summed E-state index contributed by atoms with van der Waals surface area (Å²) in [4.78, 5) is 19.5. The van der Waals surface area contributed by atoms with E-state index in [2.05, 4.69) is 15.3 Å². The van der Waals surface area contributed by atoms with Crippen LogP contribution >= 0.6 is 0 Å². The van der Waals surface area contributed by atoms with Crippen LogP contribution in [-0.4, -0.2) is 35.6 Å². The first-order valence-corrected chi connectivity index (χ1v) is 6.91. The molecule has 1 heterocycles. The van der Waals surface area contributed by atoms with Gasteiger partial charge in [0.05, 0.1) is 13.2 Å². The molecule has 0 aliphatic carbocycles. The molecule has 0 spiro atoms. The molecule has 1 amide bonds. The predicted octanol–water partition coefficient (Wildman–Crippen LogP) is 1.27. The SMILES string of the molecule is CCOc1ccc(OCCNC(=O)c2nccnc2N)cc1. The number of hydrogen-bond acceptors (Lipinski definition) is 6. The molecule has 0 unspecified atom stereocenters. The number of nitrogens with two attached hydrogens (primary N) is 1. The molecule has 2 aromatic rings. The normalized spacial score (nSPS) is 10.0. The van der Waals surface area contributed by atoms with Gasteiger partial charge in [0.1, 0.15) is 18.1 Å². The van der Waals surface area contributed by atoms with E-state index in [-0.39, 0.29) is 17.4 Å². The Labute approximate surface area is 128 Å². The van der Waals surface area contributed by atoms with E-state index in [0.717, 1.165) is 5.75 Å². The first kappa shape index (κ1) is 15.6. The Morgan fingerprint density at radius 1 is 1.14 bits per heavy atom. The average molecular weight is 302 g/mol. The van der Waals surface area contributed by atoms with Crippen LogP contribution in [-0.2, 0) is 0 Å². The zero-order chi connectivity index (χ0) is 15.8. The Hall–Kier alpha value is -2.83. The number of rotatable bonds is 7. The number of hydrogen-bond donors (Lipinski definition) is 2. The Kier molecular flexibility index (Phi) is 5.53. The van der Waals surface area contributed by atoms with Crippen molar-refractivity contribution in [2.75, 3.05) is 25.5 Å². The second-order valence-electron chi connectivity index (χ2n) is 4.30. The number of benzene rings is 1. The molecule has 0 saturated carbocycles. The fourth-order valence-electron chi connectivity index (χ4n) is 1.74. The van der Waals surface area contributed by atoms with E-state index >= 15 is 0 Å². The topological polar surface area (TPSA) is 99.4 Å². The van der Waals surface area contributed by atoms with Crippen molar-refractivity contribution in [3.8, 4) is 11.5 Å². The zero-order valence-corrected chi connectivity index (χ0v) is 12.3. The van der Waals surface area contributed by atoms with Gasteiger partial charge in [-0.3, -0.25) is 4.79 Å². The Morgan fingerprint density at radius 3 is 2.41 bits per heavy atom. The van der Waals surface area contributed by atoms with Gasteiger partial charge < -0.3 is 20.5 Å². The summed E-state index contributed by atoms with van der Waals surface area (Å²) in [5.41, 5.74) is 5.69. The summed E-state index contributed by atoms with van der Waals surface area (Å²) in [6.45, 7) is 3.22. The first-order valence-electron chi connectivity index (χ1n) is 6.91. The highest BCUT2D eigenvalue weighted by molar-refractivity contribution is 5.96. The van der Waals surface area contributed by atoms with Gasteiger partial charge in [-0.05, 0) is 31.2 Å². The van der Waals surface area contributed by atoms with Gasteiger partial charge in [0, 0.05) is 12.4 Å². The summed E-state index contributed by atoms with van der Waals surface area (Å²) >= 11 is 0. The smallest absolute Gasteiger partial charge is 0.273 e. The number of aromatic nitrogens is 2. The van der Waals surface area contributed by atoms with Gasteiger partial charge in [-0.2, -0.15) is 0 Å². The number of anilines is 1. The lowest BCUT2D eigenvalue weighted by Gasteiger charge is -2.09. The first-order chi connectivity index (χ1) is 10.7. The second-order valence-corrected chi connectivity index (χ2v) is 4.30. The van der Waals surface area contributed by atoms with Gasteiger partial charge in [0.2, 0.25) is 0 Å². The number of nitrogen functional groups attached to an aromatic ring is 1. The number of carbonyl (C=O) groups excluding carboxylic acids is 1. The van der Waals surface area contributed by atoms with E-state index in [4.69, 9.17) is 15.2 Å². The van der Waals surface area contributed by atoms with E-state index in [1.807, 2.05) is 31.2 Å². The van der Waals surface area contributed by atoms with Crippen LogP contribution in [0.4, 0.5) is 5.82 Å². The van der Waals surface area contributed by atoms with Crippen molar-refractivity contribution in [3.05, 3.63) is 42.4 Å². The maximum Gasteiger partial charge on any atom is 0.273 e. The highest BCUT2D eigenvalue weighted by Gasteiger charge is 2.10. The van der Waals surface area contributed by atoms with Crippen LogP contribution in [0.1, 0.15) is 17.4 Å². The zero-order valence-electron chi connectivity index (χ0n) is 12.3. The largest absolute Gasteiger partial charge is 0.494 e. The molecule has 0 radical (unpaired) electrons. The highest BCUT2D eigenvalue weighted by atomic mass is 16.5. The minimum atomic E-state index is -0.374. The molecule has 0 atom stereocenters. The third kappa shape index (κ3) is 4.34. The summed E-state index contributed by atoms with van der Waals surface area (Å²) in [7, 11) is 0. The minimum Gasteiger partial charge on any atom is -0.494 e. The van der Waals surface area contributed by atoms with Crippen molar-refractivity contribution in [1.29, 1.82) is 0 Å². The number of carbonyl (C=O) groups is 1. The van der Waals surface area contributed by atoms with Crippen LogP contribution in [0.5, 0.6) is 11.5 Å². The number of ether oxygens (including phenoxy) is 2. The predicted molar refractivity (Wildman–Crippen MR) is 81.9 cm³/mol. The van der Waals surface area contributed by atoms with Gasteiger partial charge in [-0.25, -0.2) is 9.97 Å². The molecule has 1 aromatic heterocycles. The van der Waals surface area contributed by atoms with E-state index < -0.39 is 0 Å². The fourth-order valence-corrected chi connectivity index (χ4v) is 1.74. The third-order valence-corrected chi connectivity index (χ3v) is 2.73.